The highest BCUT2D eigenvalue weighted by atomic mass is 32.1. The van der Waals surface area contributed by atoms with Gasteiger partial charge in [0.25, 0.3) is 0 Å². The molecule has 0 aliphatic heterocycles. The Morgan fingerprint density at radius 3 is 2.70 bits per heavy atom. The maximum absolute atomic E-state index is 5.46. The number of nitrogens with zero attached hydrogens (tertiary/aromatic N) is 2. The van der Waals surface area contributed by atoms with Crippen molar-refractivity contribution in [1.29, 1.82) is 0 Å². The molecule has 5 heteroatoms. The summed E-state index contributed by atoms with van der Waals surface area (Å²) in [4.78, 5) is 9.98. The number of aromatic nitrogens is 2. The summed E-state index contributed by atoms with van der Waals surface area (Å²) in [5, 5.41) is 6.73. The molecule has 0 radical (unpaired) electrons. The van der Waals surface area contributed by atoms with Crippen LogP contribution in [0.25, 0.3) is 21.3 Å². The second-order valence-electron chi connectivity index (χ2n) is 6.54. The van der Waals surface area contributed by atoms with Crippen LogP contribution in [0.3, 0.4) is 0 Å². The number of hydrogen-bond donors (Lipinski definition) is 1. The van der Waals surface area contributed by atoms with Crippen molar-refractivity contribution in [1.82, 2.24) is 9.97 Å². The van der Waals surface area contributed by atoms with Crippen molar-refractivity contribution >= 4 is 27.4 Å². The molecule has 27 heavy (non-hydrogen) atoms. The number of fused-ring (bicyclic) bond motifs is 1. The molecule has 0 saturated heterocycles. The first kappa shape index (κ1) is 17.5. The molecule has 0 spiro atoms. The average Bonchev–Trinajstić information content (AvgIpc) is 3.11. The van der Waals surface area contributed by atoms with Crippen LogP contribution in [0.1, 0.15) is 16.7 Å². The average molecular weight is 375 g/mol. The number of aryl methyl sites for hydroxylation is 2. The Morgan fingerprint density at radius 2 is 1.89 bits per heavy atom. The van der Waals surface area contributed by atoms with Crippen molar-refractivity contribution in [3.63, 3.8) is 0 Å². The molecule has 0 atom stereocenters. The Bertz CT molecular complexity index is 1100. The fraction of sp³-hybridized carbons (Fsp3) is 0.182. The summed E-state index contributed by atoms with van der Waals surface area (Å²) in [5.74, 6) is 1.72. The largest absolute Gasteiger partial charge is 0.496 e. The van der Waals surface area contributed by atoms with Gasteiger partial charge in [0.15, 0.2) is 0 Å². The standard InChI is InChI=1S/C22H21N3OS/c1-14-8-9-17(15(2)10-14)18-12-27-22-20(18)21(24-13-25-22)23-11-16-6-4-5-7-19(16)26-3/h4-10,12-13H,11H2,1-3H3,(H,23,24,25). The zero-order valence-electron chi connectivity index (χ0n) is 15.6. The molecule has 2 aromatic heterocycles. The van der Waals surface area contributed by atoms with E-state index in [0.29, 0.717) is 6.54 Å². The molecular weight excluding hydrogens is 354 g/mol. The highest BCUT2D eigenvalue weighted by molar-refractivity contribution is 7.17. The predicted octanol–water partition coefficient (Wildman–Crippen LogP) is 5.60. The minimum atomic E-state index is 0.637. The number of ether oxygens (including phenoxy) is 1. The molecule has 1 N–H and O–H groups in total. The summed E-state index contributed by atoms with van der Waals surface area (Å²) in [6.45, 7) is 4.90. The summed E-state index contributed by atoms with van der Waals surface area (Å²) in [5.41, 5.74) is 6.02. The lowest BCUT2D eigenvalue weighted by Crippen LogP contribution is -2.04. The van der Waals surface area contributed by atoms with Crippen LogP contribution in [0.4, 0.5) is 5.82 Å². The molecule has 2 aromatic carbocycles. The van der Waals surface area contributed by atoms with E-state index in [2.05, 4.69) is 58.8 Å². The third kappa shape index (κ3) is 3.38. The fourth-order valence-corrected chi connectivity index (χ4v) is 4.26. The molecule has 0 aliphatic carbocycles. The minimum absolute atomic E-state index is 0.637. The van der Waals surface area contributed by atoms with E-state index >= 15 is 0 Å². The second kappa shape index (κ2) is 7.37. The van der Waals surface area contributed by atoms with Gasteiger partial charge in [0.2, 0.25) is 0 Å². The topological polar surface area (TPSA) is 47.0 Å². The zero-order chi connectivity index (χ0) is 18.8. The van der Waals surface area contributed by atoms with E-state index in [1.54, 1.807) is 24.8 Å². The third-order valence-corrected chi connectivity index (χ3v) is 5.57. The molecule has 4 aromatic rings. The SMILES string of the molecule is COc1ccccc1CNc1ncnc2scc(-c3ccc(C)cc3C)c12. The van der Waals surface area contributed by atoms with Crippen molar-refractivity contribution in [2.75, 3.05) is 12.4 Å². The van der Waals surface area contributed by atoms with Crippen LogP contribution in [0, 0.1) is 13.8 Å². The summed E-state index contributed by atoms with van der Waals surface area (Å²) >= 11 is 1.65. The number of anilines is 1. The Kier molecular flexibility index (Phi) is 4.77. The van der Waals surface area contributed by atoms with Gasteiger partial charge in [0.1, 0.15) is 22.7 Å². The second-order valence-corrected chi connectivity index (χ2v) is 7.39. The number of methoxy groups -OCH3 is 1. The van der Waals surface area contributed by atoms with Crippen molar-refractivity contribution in [3.8, 4) is 16.9 Å². The van der Waals surface area contributed by atoms with E-state index in [0.717, 1.165) is 27.3 Å². The van der Waals surface area contributed by atoms with Crippen LogP contribution in [0.15, 0.2) is 54.2 Å². The van der Waals surface area contributed by atoms with E-state index in [4.69, 9.17) is 4.74 Å². The van der Waals surface area contributed by atoms with Gasteiger partial charge in [-0.1, -0.05) is 42.0 Å². The van der Waals surface area contributed by atoms with E-state index < -0.39 is 0 Å². The van der Waals surface area contributed by atoms with Crippen LogP contribution in [0.5, 0.6) is 5.75 Å². The van der Waals surface area contributed by atoms with E-state index in [1.165, 1.54) is 22.3 Å². The lowest BCUT2D eigenvalue weighted by atomic mass is 9.99. The van der Waals surface area contributed by atoms with Gasteiger partial charge in [-0.05, 0) is 31.0 Å². The molecule has 4 rings (SSSR count). The molecular formula is C22H21N3OS. The number of thiophene rings is 1. The Morgan fingerprint density at radius 1 is 1.04 bits per heavy atom. The van der Waals surface area contributed by atoms with Crippen molar-refractivity contribution in [2.45, 2.75) is 20.4 Å². The summed E-state index contributed by atoms with van der Waals surface area (Å²) in [6.07, 6.45) is 1.62. The van der Waals surface area contributed by atoms with Crippen molar-refractivity contribution in [2.24, 2.45) is 0 Å². The zero-order valence-corrected chi connectivity index (χ0v) is 16.4. The molecule has 4 nitrogen and oxygen atoms in total. The fourth-order valence-electron chi connectivity index (χ4n) is 3.35. The van der Waals surface area contributed by atoms with Crippen molar-refractivity contribution in [3.05, 3.63) is 70.9 Å². The van der Waals surface area contributed by atoms with Crippen LogP contribution in [0.2, 0.25) is 0 Å². The van der Waals surface area contributed by atoms with Crippen LogP contribution >= 0.6 is 11.3 Å². The first-order chi connectivity index (χ1) is 13.2. The highest BCUT2D eigenvalue weighted by Gasteiger charge is 2.15. The van der Waals surface area contributed by atoms with Crippen molar-refractivity contribution < 1.29 is 4.74 Å². The first-order valence-electron chi connectivity index (χ1n) is 8.83. The maximum Gasteiger partial charge on any atom is 0.139 e. The number of para-hydroxylation sites is 1. The van der Waals surface area contributed by atoms with Gasteiger partial charge in [-0.15, -0.1) is 11.3 Å². The number of rotatable bonds is 5. The molecule has 0 unspecified atom stereocenters. The van der Waals surface area contributed by atoms with Gasteiger partial charge in [0.05, 0.1) is 12.5 Å². The quantitative estimate of drug-likeness (QED) is 0.493. The van der Waals surface area contributed by atoms with E-state index in [9.17, 15) is 0 Å². The summed E-state index contributed by atoms with van der Waals surface area (Å²) < 4.78 is 5.46. The molecule has 0 saturated carbocycles. The lowest BCUT2D eigenvalue weighted by Gasteiger charge is -2.12. The molecule has 2 heterocycles. The summed E-state index contributed by atoms with van der Waals surface area (Å²) in [6, 6.07) is 14.6. The third-order valence-electron chi connectivity index (χ3n) is 4.68. The Balaban J connectivity index is 1.74. The van der Waals surface area contributed by atoms with E-state index in [1.807, 2.05) is 18.2 Å². The number of hydrogen-bond acceptors (Lipinski definition) is 5. The van der Waals surface area contributed by atoms with Gasteiger partial charge >= 0.3 is 0 Å². The smallest absolute Gasteiger partial charge is 0.139 e. The Labute approximate surface area is 162 Å². The molecule has 136 valence electrons. The number of benzene rings is 2. The van der Waals surface area contributed by atoms with Crippen LogP contribution in [-0.4, -0.2) is 17.1 Å². The first-order valence-corrected chi connectivity index (χ1v) is 9.71. The van der Waals surface area contributed by atoms with Crippen LogP contribution < -0.4 is 10.1 Å². The maximum atomic E-state index is 5.46. The highest BCUT2D eigenvalue weighted by Crippen LogP contribution is 2.38. The van der Waals surface area contributed by atoms with Gasteiger partial charge in [0, 0.05) is 23.1 Å². The van der Waals surface area contributed by atoms with Gasteiger partial charge in [-0.2, -0.15) is 0 Å². The minimum Gasteiger partial charge on any atom is -0.496 e. The van der Waals surface area contributed by atoms with Gasteiger partial charge < -0.3 is 10.1 Å². The molecule has 0 bridgehead atoms. The van der Waals surface area contributed by atoms with E-state index in [-0.39, 0.29) is 0 Å². The monoisotopic (exact) mass is 375 g/mol. The molecule has 0 aliphatic rings. The lowest BCUT2D eigenvalue weighted by molar-refractivity contribution is 0.410. The Hall–Kier alpha value is -2.92. The van der Waals surface area contributed by atoms with Gasteiger partial charge in [-0.3, -0.25) is 0 Å². The van der Waals surface area contributed by atoms with Gasteiger partial charge in [-0.25, -0.2) is 9.97 Å². The molecule has 0 amide bonds. The number of nitrogens with one attached hydrogen (secondary N) is 1. The normalized spacial score (nSPS) is 10.9. The predicted molar refractivity (Wildman–Crippen MR) is 113 cm³/mol. The summed E-state index contributed by atoms with van der Waals surface area (Å²) in [7, 11) is 1.69. The van der Waals surface area contributed by atoms with Crippen LogP contribution in [-0.2, 0) is 6.54 Å². The molecule has 0 fully saturated rings.